The topological polar surface area (TPSA) is 83.4 Å². The molecule has 3 atom stereocenters. The van der Waals surface area contributed by atoms with E-state index in [9.17, 15) is 9.59 Å². The predicted octanol–water partition coefficient (Wildman–Crippen LogP) is 5.00. The van der Waals surface area contributed by atoms with Crippen LogP contribution in [0.25, 0.3) is 0 Å². The summed E-state index contributed by atoms with van der Waals surface area (Å²) in [6.45, 7) is 4.42. The minimum atomic E-state index is -0.904. The number of halogens is 1. The van der Waals surface area contributed by atoms with Crippen LogP contribution in [0.1, 0.15) is 49.7 Å². The molecule has 7 nitrogen and oxygen atoms in total. The van der Waals surface area contributed by atoms with E-state index < -0.39 is 23.6 Å². The molecular formula is C29H32FNO6. The largest absolute Gasteiger partial charge is 0.493 e. The summed E-state index contributed by atoms with van der Waals surface area (Å²) in [5, 5.41) is 0. The van der Waals surface area contributed by atoms with Gasteiger partial charge in [0.15, 0.2) is 17.3 Å². The number of allylic oxidation sites excluding steroid dienone is 2. The van der Waals surface area contributed by atoms with E-state index in [0.29, 0.717) is 41.5 Å². The Hall–Kier alpha value is -3.52. The summed E-state index contributed by atoms with van der Waals surface area (Å²) < 4.78 is 36.6. The Bertz CT molecular complexity index is 1240. The molecule has 0 saturated carbocycles. The van der Waals surface area contributed by atoms with E-state index in [0.717, 1.165) is 5.56 Å². The van der Waals surface area contributed by atoms with Crippen molar-refractivity contribution in [2.75, 3.05) is 34.0 Å². The Balaban J connectivity index is 1.72. The lowest BCUT2D eigenvalue weighted by molar-refractivity contribution is -0.148. The van der Waals surface area contributed by atoms with Crippen molar-refractivity contribution in [2.24, 2.45) is 10.9 Å². The second-order valence-electron chi connectivity index (χ2n) is 9.10. The van der Waals surface area contributed by atoms with Crippen molar-refractivity contribution in [3.05, 3.63) is 70.7 Å². The molecule has 196 valence electrons. The van der Waals surface area contributed by atoms with Gasteiger partial charge in [-0.3, -0.25) is 14.6 Å². The Morgan fingerprint density at radius 2 is 1.81 bits per heavy atom. The summed E-state index contributed by atoms with van der Waals surface area (Å²) in [5.74, 6) is -1.85. The number of benzene rings is 2. The van der Waals surface area contributed by atoms with Crippen LogP contribution in [0.4, 0.5) is 4.39 Å². The Morgan fingerprint density at radius 1 is 1.05 bits per heavy atom. The maximum Gasteiger partial charge on any atom is 0.315 e. The van der Waals surface area contributed by atoms with Gasteiger partial charge in [0, 0.05) is 35.9 Å². The molecule has 0 spiro atoms. The monoisotopic (exact) mass is 509 g/mol. The maximum absolute atomic E-state index is 15.1. The van der Waals surface area contributed by atoms with E-state index >= 15 is 4.39 Å². The molecule has 0 fully saturated rings. The smallest absolute Gasteiger partial charge is 0.315 e. The number of Topliss-reactive ketones (excluding diaryl/α,β-unsaturated/α-hetero) is 1. The van der Waals surface area contributed by atoms with Crippen molar-refractivity contribution in [3.8, 4) is 11.5 Å². The molecule has 2 aromatic rings. The normalized spacial score (nSPS) is 21.3. The number of methoxy groups -OCH3 is 2. The second kappa shape index (κ2) is 11.7. The number of hydrogen-bond acceptors (Lipinski definition) is 7. The van der Waals surface area contributed by atoms with Gasteiger partial charge in [0.1, 0.15) is 18.3 Å². The predicted molar refractivity (Wildman–Crippen MR) is 137 cm³/mol. The molecule has 1 heterocycles. The molecule has 8 heteroatoms. The van der Waals surface area contributed by atoms with Crippen molar-refractivity contribution < 1.29 is 32.9 Å². The highest BCUT2D eigenvalue weighted by molar-refractivity contribution is 6.09. The van der Waals surface area contributed by atoms with E-state index in [2.05, 4.69) is 0 Å². The number of ketones is 1. The number of aliphatic imine (C=N–C) groups is 1. The van der Waals surface area contributed by atoms with Crippen molar-refractivity contribution >= 4 is 17.5 Å². The second-order valence-corrected chi connectivity index (χ2v) is 9.10. The fourth-order valence-electron chi connectivity index (χ4n) is 5.21. The average Bonchev–Trinajstić information content (AvgIpc) is 2.90. The van der Waals surface area contributed by atoms with Crippen molar-refractivity contribution in [3.63, 3.8) is 0 Å². The minimum absolute atomic E-state index is 0.0711. The Morgan fingerprint density at radius 3 is 2.51 bits per heavy atom. The minimum Gasteiger partial charge on any atom is -0.493 e. The van der Waals surface area contributed by atoms with Gasteiger partial charge >= 0.3 is 5.97 Å². The Kier molecular flexibility index (Phi) is 8.38. The third-order valence-corrected chi connectivity index (χ3v) is 6.94. The van der Waals surface area contributed by atoms with Gasteiger partial charge in [0.05, 0.1) is 20.8 Å². The van der Waals surface area contributed by atoms with Crippen LogP contribution in [0.3, 0.4) is 0 Å². The van der Waals surface area contributed by atoms with Crippen LogP contribution >= 0.6 is 0 Å². The van der Waals surface area contributed by atoms with Crippen LogP contribution in [0.5, 0.6) is 11.5 Å². The van der Waals surface area contributed by atoms with Gasteiger partial charge in [-0.05, 0) is 55.5 Å². The van der Waals surface area contributed by atoms with Gasteiger partial charge in [-0.1, -0.05) is 24.3 Å². The zero-order chi connectivity index (χ0) is 26.5. The molecule has 2 aliphatic rings. The summed E-state index contributed by atoms with van der Waals surface area (Å²) in [4.78, 5) is 31.6. The molecule has 1 unspecified atom stereocenters. The van der Waals surface area contributed by atoms with E-state index in [1.54, 1.807) is 39.3 Å². The molecule has 0 amide bonds. The summed E-state index contributed by atoms with van der Waals surface area (Å²) in [5.41, 5.74) is 2.67. The third-order valence-electron chi connectivity index (χ3n) is 6.94. The molecule has 0 aromatic heterocycles. The quantitative estimate of drug-likeness (QED) is 0.350. The van der Waals surface area contributed by atoms with Crippen LogP contribution in [0.2, 0.25) is 0 Å². The first-order valence-corrected chi connectivity index (χ1v) is 12.4. The van der Waals surface area contributed by atoms with Gasteiger partial charge in [-0.25, -0.2) is 4.39 Å². The lowest BCUT2D eigenvalue weighted by Gasteiger charge is -2.36. The highest BCUT2D eigenvalue weighted by Crippen LogP contribution is 2.48. The SMILES string of the molecule is CCOCCOC(=O)C1C(C)=NC2=C(C(=O)C[C@@H](c3ccc(OC)c(OC)c3)C2)[C@@H]1c1ccccc1F. The van der Waals surface area contributed by atoms with E-state index in [1.807, 2.05) is 25.1 Å². The lowest BCUT2D eigenvalue weighted by Crippen LogP contribution is -2.38. The highest BCUT2D eigenvalue weighted by Gasteiger charge is 2.45. The van der Waals surface area contributed by atoms with Crippen molar-refractivity contribution in [1.82, 2.24) is 0 Å². The number of rotatable bonds is 9. The zero-order valence-corrected chi connectivity index (χ0v) is 21.6. The molecule has 2 aromatic carbocycles. The van der Waals surface area contributed by atoms with E-state index in [4.69, 9.17) is 23.9 Å². The summed E-state index contributed by atoms with van der Waals surface area (Å²) in [6.07, 6.45) is 0.685. The van der Waals surface area contributed by atoms with Crippen LogP contribution < -0.4 is 9.47 Å². The van der Waals surface area contributed by atoms with E-state index in [-0.39, 0.29) is 36.9 Å². The molecule has 0 radical (unpaired) electrons. The molecule has 0 saturated heterocycles. The standard InChI is InChI=1S/C29H32FNO6/c1-5-36-12-13-37-29(33)26-17(2)31-22-14-19(18-10-11-24(34-3)25(16-18)35-4)15-23(32)28(22)27(26)20-8-6-7-9-21(20)30/h6-11,16,19,26-27H,5,12-15H2,1-4H3/t19-,26?,27+/m0/s1. The Labute approximate surface area is 216 Å². The number of nitrogens with zero attached hydrogens (tertiary/aromatic N) is 1. The van der Waals surface area contributed by atoms with Gasteiger partial charge in [-0.15, -0.1) is 0 Å². The zero-order valence-electron chi connectivity index (χ0n) is 21.6. The fraction of sp³-hybridized carbons (Fsp3) is 0.414. The number of esters is 1. The first-order chi connectivity index (χ1) is 17.9. The van der Waals surface area contributed by atoms with Gasteiger partial charge in [0.25, 0.3) is 0 Å². The fourth-order valence-corrected chi connectivity index (χ4v) is 5.21. The van der Waals surface area contributed by atoms with Crippen LogP contribution in [0, 0.1) is 11.7 Å². The number of carbonyl (C=O) groups is 2. The molecule has 37 heavy (non-hydrogen) atoms. The van der Waals surface area contributed by atoms with Crippen LogP contribution in [0.15, 0.2) is 58.7 Å². The highest BCUT2D eigenvalue weighted by atomic mass is 19.1. The maximum atomic E-state index is 15.1. The van der Waals surface area contributed by atoms with Crippen molar-refractivity contribution in [1.29, 1.82) is 0 Å². The lowest BCUT2D eigenvalue weighted by atomic mass is 9.69. The number of ether oxygens (including phenoxy) is 4. The van der Waals surface area contributed by atoms with Gasteiger partial charge < -0.3 is 18.9 Å². The summed E-state index contributed by atoms with van der Waals surface area (Å²) in [7, 11) is 3.13. The first-order valence-electron chi connectivity index (χ1n) is 12.4. The molecule has 1 aliphatic heterocycles. The van der Waals surface area contributed by atoms with Crippen molar-refractivity contribution in [2.45, 2.75) is 38.5 Å². The summed E-state index contributed by atoms with van der Waals surface area (Å²) >= 11 is 0. The number of carbonyl (C=O) groups excluding carboxylic acids is 2. The third kappa shape index (κ3) is 5.44. The molecule has 1 aliphatic carbocycles. The average molecular weight is 510 g/mol. The van der Waals surface area contributed by atoms with E-state index in [1.165, 1.54) is 6.07 Å². The molecule has 0 N–H and O–H groups in total. The first kappa shape index (κ1) is 26.5. The molecule has 0 bridgehead atoms. The van der Waals surface area contributed by atoms with Crippen LogP contribution in [-0.2, 0) is 19.1 Å². The van der Waals surface area contributed by atoms with Gasteiger partial charge in [-0.2, -0.15) is 0 Å². The molecular weight excluding hydrogens is 477 g/mol. The summed E-state index contributed by atoms with van der Waals surface area (Å²) in [6, 6.07) is 11.9. The number of hydrogen-bond donors (Lipinski definition) is 0. The molecule has 4 rings (SSSR count). The van der Waals surface area contributed by atoms with Crippen LogP contribution in [-0.4, -0.2) is 51.5 Å². The van der Waals surface area contributed by atoms with Gasteiger partial charge in [0.2, 0.25) is 0 Å².